The third kappa shape index (κ3) is 2.35. The molecule has 28 heavy (non-hydrogen) atoms. The lowest BCUT2D eigenvalue weighted by Crippen LogP contribution is -2.03. The van der Waals surface area contributed by atoms with Gasteiger partial charge >= 0.3 is 0 Å². The van der Waals surface area contributed by atoms with Crippen molar-refractivity contribution < 1.29 is 14.0 Å². The molecule has 0 aliphatic heterocycles. The number of fused-ring (bicyclic) bond motifs is 2. The molecule has 0 unspecified atom stereocenters. The molecular formula is C22H15N3O3. The third-order valence-electron chi connectivity index (χ3n) is 5.00. The molecule has 0 saturated heterocycles. The van der Waals surface area contributed by atoms with Gasteiger partial charge in [-0.05, 0) is 13.0 Å². The van der Waals surface area contributed by atoms with E-state index >= 15 is 0 Å². The summed E-state index contributed by atoms with van der Waals surface area (Å²) < 4.78 is 8.04. The van der Waals surface area contributed by atoms with Gasteiger partial charge in [0.2, 0.25) is 0 Å². The van der Waals surface area contributed by atoms with Gasteiger partial charge in [-0.3, -0.25) is 9.59 Å². The van der Waals surface area contributed by atoms with E-state index in [0.717, 1.165) is 22.5 Å². The van der Waals surface area contributed by atoms with Crippen LogP contribution in [0.2, 0.25) is 0 Å². The highest BCUT2D eigenvalue weighted by molar-refractivity contribution is 6.41. The standard InChI is InChI=1S/C22H15N3O3/c1-2-25-14(8-15-21(26)16-11-23-24-12-17(16)22(15)27)9-20-18(25)10-19(28-20)13-6-4-3-5-7-13/h3-12H,2H2,1H3. The molecule has 0 radical (unpaired) electrons. The molecule has 6 nitrogen and oxygen atoms in total. The molecule has 4 aromatic rings. The van der Waals surface area contributed by atoms with Gasteiger partial charge in [0.1, 0.15) is 5.76 Å². The molecule has 0 fully saturated rings. The van der Waals surface area contributed by atoms with Gasteiger partial charge in [-0.15, -0.1) is 0 Å². The molecule has 0 spiro atoms. The van der Waals surface area contributed by atoms with Crippen LogP contribution >= 0.6 is 0 Å². The molecule has 1 aliphatic rings. The number of hydrogen-bond donors (Lipinski definition) is 0. The van der Waals surface area contributed by atoms with Crippen LogP contribution in [0.1, 0.15) is 33.3 Å². The van der Waals surface area contributed by atoms with Gasteiger partial charge in [0.05, 0.1) is 34.6 Å². The largest absolute Gasteiger partial charge is 0.454 e. The summed E-state index contributed by atoms with van der Waals surface area (Å²) in [5.74, 6) is 0.144. The molecule has 3 heterocycles. The Balaban J connectivity index is 1.61. The molecule has 3 aromatic heterocycles. The molecule has 1 aliphatic carbocycles. The van der Waals surface area contributed by atoms with Crippen molar-refractivity contribution in [2.24, 2.45) is 0 Å². The number of carbonyl (C=O) groups excluding carboxylic acids is 2. The second-order valence-electron chi connectivity index (χ2n) is 6.57. The van der Waals surface area contributed by atoms with Crippen LogP contribution in [0.4, 0.5) is 0 Å². The van der Waals surface area contributed by atoms with Crippen molar-refractivity contribution in [3.8, 4) is 11.3 Å². The van der Waals surface area contributed by atoms with Crippen molar-refractivity contribution in [1.29, 1.82) is 0 Å². The number of rotatable bonds is 3. The van der Waals surface area contributed by atoms with Crippen molar-refractivity contribution >= 4 is 28.7 Å². The number of furan rings is 1. The number of benzene rings is 1. The van der Waals surface area contributed by atoms with Gasteiger partial charge in [0, 0.05) is 29.9 Å². The zero-order valence-electron chi connectivity index (χ0n) is 15.0. The number of hydrogen-bond acceptors (Lipinski definition) is 5. The Hall–Kier alpha value is -3.80. The quantitative estimate of drug-likeness (QED) is 0.400. The van der Waals surface area contributed by atoms with E-state index in [1.165, 1.54) is 12.4 Å². The molecule has 0 atom stereocenters. The van der Waals surface area contributed by atoms with Crippen LogP contribution in [-0.4, -0.2) is 26.3 Å². The fraction of sp³-hybridized carbons (Fsp3) is 0.0909. The van der Waals surface area contributed by atoms with E-state index in [4.69, 9.17) is 4.42 Å². The van der Waals surface area contributed by atoms with Gasteiger partial charge in [0.15, 0.2) is 17.1 Å². The first-order valence-corrected chi connectivity index (χ1v) is 8.97. The van der Waals surface area contributed by atoms with Gasteiger partial charge in [-0.2, -0.15) is 10.2 Å². The first kappa shape index (κ1) is 16.4. The highest BCUT2D eigenvalue weighted by Crippen LogP contribution is 2.32. The van der Waals surface area contributed by atoms with Crippen molar-refractivity contribution in [3.05, 3.63) is 77.3 Å². The highest BCUT2D eigenvalue weighted by atomic mass is 16.3. The monoisotopic (exact) mass is 369 g/mol. The number of nitrogens with zero attached hydrogens (tertiary/aromatic N) is 3. The van der Waals surface area contributed by atoms with E-state index in [2.05, 4.69) is 10.2 Å². The van der Waals surface area contributed by atoms with Gasteiger partial charge in [-0.25, -0.2) is 0 Å². The Bertz CT molecular complexity index is 1240. The minimum atomic E-state index is -0.319. The van der Waals surface area contributed by atoms with E-state index < -0.39 is 0 Å². The van der Waals surface area contributed by atoms with Crippen LogP contribution in [-0.2, 0) is 6.54 Å². The molecule has 5 rings (SSSR count). The van der Waals surface area contributed by atoms with Crippen LogP contribution in [0.5, 0.6) is 0 Å². The van der Waals surface area contributed by atoms with Crippen molar-refractivity contribution in [3.63, 3.8) is 0 Å². The molecule has 0 bridgehead atoms. The summed E-state index contributed by atoms with van der Waals surface area (Å²) in [6.45, 7) is 2.69. The van der Waals surface area contributed by atoms with E-state index in [1.54, 1.807) is 6.08 Å². The number of allylic oxidation sites excluding steroid dienone is 1. The number of aromatic nitrogens is 3. The SMILES string of the molecule is CCn1c(C=C2C(=O)c3cnncc3C2=O)cc2oc(-c3ccccc3)cc21. The second-order valence-corrected chi connectivity index (χ2v) is 6.57. The maximum atomic E-state index is 12.6. The summed E-state index contributed by atoms with van der Waals surface area (Å²) in [7, 11) is 0. The number of ketones is 2. The normalized spacial score (nSPS) is 13.4. The number of aryl methyl sites for hydroxylation is 1. The van der Waals surface area contributed by atoms with Gasteiger partial charge in [-0.1, -0.05) is 30.3 Å². The zero-order valence-corrected chi connectivity index (χ0v) is 15.0. The van der Waals surface area contributed by atoms with Crippen LogP contribution in [0, 0.1) is 0 Å². The molecule has 0 amide bonds. The van der Waals surface area contributed by atoms with Gasteiger partial charge < -0.3 is 8.98 Å². The summed E-state index contributed by atoms with van der Waals surface area (Å²) in [4.78, 5) is 25.2. The fourth-order valence-electron chi connectivity index (χ4n) is 3.63. The molecular weight excluding hydrogens is 354 g/mol. The third-order valence-corrected chi connectivity index (χ3v) is 5.00. The van der Waals surface area contributed by atoms with Crippen molar-refractivity contribution in [1.82, 2.24) is 14.8 Å². The first-order chi connectivity index (χ1) is 13.7. The molecule has 136 valence electrons. The summed E-state index contributed by atoms with van der Waals surface area (Å²) in [6, 6.07) is 13.7. The Morgan fingerprint density at radius 1 is 1.00 bits per heavy atom. The number of Topliss-reactive ketones (excluding diaryl/α,β-unsaturated/α-hetero) is 2. The van der Waals surface area contributed by atoms with Gasteiger partial charge in [0.25, 0.3) is 0 Å². The Morgan fingerprint density at radius 3 is 2.32 bits per heavy atom. The minimum absolute atomic E-state index is 0.128. The maximum Gasteiger partial charge on any atom is 0.199 e. The zero-order chi connectivity index (χ0) is 19.3. The summed E-state index contributed by atoms with van der Waals surface area (Å²) >= 11 is 0. The average Bonchev–Trinajstić information content (AvgIpc) is 3.35. The Kier molecular flexibility index (Phi) is 3.58. The predicted molar refractivity (Wildman–Crippen MR) is 104 cm³/mol. The lowest BCUT2D eigenvalue weighted by molar-refractivity contribution is 0.0990. The average molecular weight is 369 g/mol. The topological polar surface area (TPSA) is 78.0 Å². The Morgan fingerprint density at radius 2 is 1.68 bits per heavy atom. The number of carbonyl (C=O) groups is 2. The van der Waals surface area contributed by atoms with E-state index in [0.29, 0.717) is 23.3 Å². The summed E-state index contributed by atoms with van der Waals surface area (Å²) in [5.41, 5.74) is 4.12. The van der Waals surface area contributed by atoms with E-state index in [-0.39, 0.29) is 17.1 Å². The van der Waals surface area contributed by atoms with E-state index in [1.807, 2.05) is 54.0 Å². The van der Waals surface area contributed by atoms with Crippen LogP contribution in [0.25, 0.3) is 28.5 Å². The lowest BCUT2D eigenvalue weighted by atomic mass is 10.1. The molecule has 1 aromatic carbocycles. The smallest absolute Gasteiger partial charge is 0.199 e. The van der Waals surface area contributed by atoms with Crippen molar-refractivity contribution in [2.75, 3.05) is 0 Å². The predicted octanol–water partition coefficient (Wildman–Crippen LogP) is 4.17. The van der Waals surface area contributed by atoms with Crippen LogP contribution in [0.15, 0.2) is 64.8 Å². The summed E-state index contributed by atoms with van der Waals surface area (Å²) in [6.07, 6.45) is 4.31. The fourth-order valence-corrected chi connectivity index (χ4v) is 3.63. The minimum Gasteiger partial charge on any atom is -0.454 e. The molecule has 6 heteroatoms. The highest BCUT2D eigenvalue weighted by Gasteiger charge is 2.34. The lowest BCUT2D eigenvalue weighted by Gasteiger charge is -2.04. The molecule has 0 saturated carbocycles. The maximum absolute atomic E-state index is 12.6. The van der Waals surface area contributed by atoms with Crippen LogP contribution in [0.3, 0.4) is 0 Å². The van der Waals surface area contributed by atoms with Crippen LogP contribution < -0.4 is 0 Å². The summed E-state index contributed by atoms with van der Waals surface area (Å²) in [5, 5.41) is 7.42. The first-order valence-electron chi connectivity index (χ1n) is 8.97. The molecule has 0 N–H and O–H groups in total. The van der Waals surface area contributed by atoms with E-state index in [9.17, 15) is 9.59 Å². The second kappa shape index (κ2) is 6.13. The Labute approximate surface area is 160 Å². The van der Waals surface area contributed by atoms with Crippen molar-refractivity contribution in [2.45, 2.75) is 13.5 Å².